The third kappa shape index (κ3) is 3.71. The SMILES string of the molecule is N#Cc1ccc2nc(COCC3CC3)n(Cc3cc(Cl)ccc3Cl)c2c1. The molecule has 0 atom stereocenters. The number of hydrogen-bond acceptors (Lipinski definition) is 3. The molecule has 6 heteroatoms. The van der Waals surface area contributed by atoms with Crippen molar-refractivity contribution in [2.45, 2.75) is 26.0 Å². The van der Waals surface area contributed by atoms with Crippen LogP contribution in [0.4, 0.5) is 0 Å². The maximum absolute atomic E-state index is 9.23. The zero-order valence-corrected chi connectivity index (χ0v) is 15.6. The first-order valence-electron chi connectivity index (χ1n) is 8.55. The highest BCUT2D eigenvalue weighted by Crippen LogP contribution is 2.30. The summed E-state index contributed by atoms with van der Waals surface area (Å²) in [5, 5.41) is 10.5. The van der Waals surface area contributed by atoms with Crippen molar-refractivity contribution in [2.24, 2.45) is 5.92 Å². The minimum absolute atomic E-state index is 0.436. The molecular formula is C20H17Cl2N3O. The van der Waals surface area contributed by atoms with Crippen molar-refractivity contribution in [3.63, 3.8) is 0 Å². The highest BCUT2D eigenvalue weighted by molar-refractivity contribution is 6.33. The van der Waals surface area contributed by atoms with Gasteiger partial charge in [0.25, 0.3) is 0 Å². The van der Waals surface area contributed by atoms with Gasteiger partial charge in [0.2, 0.25) is 0 Å². The number of nitrogens with zero attached hydrogens (tertiary/aromatic N) is 3. The first kappa shape index (κ1) is 17.4. The molecule has 4 rings (SSSR count). The summed E-state index contributed by atoms with van der Waals surface area (Å²) in [6.45, 7) is 1.72. The third-order valence-electron chi connectivity index (χ3n) is 4.57. The minimum Gasteiger partial charge on any atom is -0.373 e. The smallest absolute Gasteiger partial charge is 0.136 e. The first-order valence-corrected chi connectivity index (χ1v) is 9.30. The van der Waals surface area contributed by atoms with Gasteiger partial charge in [0.15, 0.2) is 0 Å². The molecule has 0 radical (unpaired) electrons. The van der Waals surface area contributed by atoms with Crippen molar-refractivity contribution in [3.8, 4) is 6.07 Å². The fraction of sp³-hybridized carbons (Fsp3) is 0.300. The maximum atomic E-state index is 9.23. The predicted octanol–water partition coefficient (Wildman–Crippen LogP) is 5.19. The molecule has 3 aromatic rings. The first-order chi connectivity index (χ1) is 12.6. The monoisotopic (exact) mass is 385 g/mol. The zero-order valence-electron chi connectivity index (χ0n) is 14.1. The molecule has 0 spiro atoms. The van der Waals surface area contributed by atoms with Crippen LogP contribution in [-0.2, 0) is 17.9 Å². The molecule has 1 fully saturated rings. The second-order valence-corrected chi connectivity index (χ2v) is 7.47. The van der Waals surface area contributed by atoms with E-state index in [9.17, 15) is 5.26 Å². The molecule has 0 unspecified atom stereocenters. The van der Waals surface area contributed by atoms with E-state index >= 15 is 0 Å². The van der Waals surface area contributed by atoms with Crippen molar-refractivity contribution < 1.29 is 4.74 Å². The number of imidazole rings is 1. The minimum atomic E-state index is 0.436. The van der Waals surface area contributed by atoms with E-state index in [-0.39, 0.29) is 0 Å². The topological polar surface area (TPSA) is 50.8 Å². The normalized spacial score (nSPS) is 13.9. The predicted molar refractivity (Wildman–Crippen MR) is 102 cm³/mol. The van der Waals surface area contributed by atoms with Gasteiger partial charge in [-0.1, -0.05) is 23.2 Å². The van der Waals surface area contributed by atoms with Crippen LogP contribution in [0.3, 0.4) is 0 Å². The van der Waals surface area contributed by atoms with Gasteiger partial charge in [0, 0.05) is 16.7 Å². The van der Waals surface area contributed by atoms with Crippen molar-refractivity contribution in [3.05, 3.63) is 63.4 Å². The Labute approximate surface area is 161 Å². The van der Waals surface area contributed by atoms with Gasteiger partial charge < -0.3 is 9.30 Å². The van der Waals surface area contributed by atoms with Gasteiger partial charge in [-0.2, -0.15) is 5.26 Å². The molecular weight excluding hydrogens is 369 g/mol. The lowest BCUT2D eigenvalue weighted by Gasteiger charge is -2.12. The molecule has 1 saturated carbocycles. The van der Waals surface area contributed by atoms with Crippen LogP contribution >= 0.6 is 23.2 Å². The lowest BCUT2D eigenvalue weighted by molar-refractivity contribution is 0.104. The zero-order chi connectivity index (χ0) is 18.1. The van der Waals surface area contributed by atoms with Crippen LogP contribution in [0.2, 0.25) is 10.0 Å². The summed E-state index contributed by atoms with van der Waals surface area (Å²) in [6.07, 6.45) is 2.50. The number of benzene rings is 2. The molecule has 0 saturated heterocycles. The molecule has 1 aromatic heterocycles. The molecule has 4 nitrogen and oxygen atoms in total. The van der Waals surface area contributed by atoms with Gasteiger partial charge in [-0.15, -0.1) is 0 Å². The number of aromatic nitrogens is 2. The molecule has 0 amide bonds. The summed E-state index contributed by atoms with van der Waals surface area (Å²) >= 11 is 12.5. The van der Waals surface area contributed by atoms with Gasteiger partial charge in [-0.3, -0.25) is 0 Å². The Bertz CT molecular complexity index is 1000. The van der Waals surface area contributed by atoms with Crippen LogP contribution in [0, 0.1) is 17.2 Å². The van der Waals surface area contributed by atoms with Crippen LogP contribution < -0.4 is 0 Å². The molecule has 0 N–H and O–H groups in total. The summed E-state index contributed by atoms with van der Waals surface area (Å²) in [6, 6.07) is 13.1. The standard InChI is InChI=1S/C20H17Cl2N3O/c21-16-4-5-17(22)15(8-16)10-25-19-7-14(9-23)3-6-18(19)24-20(25)12-26-11-13-1-2-13/h3-8,13H,1-2,10-12H2. The number of hydrogen-bond donors (Lipinski definition) is 0. The Kier molecular flexibility index (Phi) is 4.86. The van der Waals surface area contributed by atoms with Crippen LogP contribution in [-0.4, -0.2) is 16.2 Å². The molecule has 2 aromatic carbocycles. The Morgan fingerprint density at radius 3 is 2.81 bits per heavy atom. The fourth-order valence-corrected chi connectivity index (χ4v) is 3.34. The highest BCUT2D eigenvalue weighted by atomic mass is 35.5. The van der Waals surface area contributed by atoms with E-state index in [0.717, 1.165) is 29.0 Å². The van der Waals surface area contributed by atoms with E-state index in [2.05, 4.69) is 10.6 Å². The van der Waals surface area contributed by atoms with E-state index < -0.39 is 0 Å². The molecule has 1 aliphatic carbocycles. The van der Waals surface area contributed by atoms with E-state index in [0.29, 0.717) is 34.7 Å². The van der Waals surface area contributed by atoms with Crippen LogP contribution in [0.1, 0.15) is 29.8 Å². The average molecular weight is 386 g/mol. The fourth-order valence-electron chi connectivity index (χ4n) is 2.96. The average Bonchev–Trinajstić information content (AvgIpc) is 3.40. The lowest BCUT2D eigenvalue weighted by Crippen LogP contribution is -2.08. The Balaban J connectivity index is 1.72. The summed E-state index contributed by atoms with van der Waals surface area (Å²) < 4.78 is 7.91. The van der Waals surface area contributed by atoms with Crippen LogP contribution in [0.15, 0.2) is 36.4 Å². The second-order valence-electron chi connectivity index (χ2n) is 6.62. The van der Waals surface area contributed by atoms with E-state index in [4.69, 9.17) is 32.9 Å². The van der Waals surface area contributed by atoms with E-state index in [1.54, 1.807) is 18.2 Å². The van der Waals surface area contributed by atoms with Crippen molar-refractivity contribution in [2.75, 3.05) is 6.61 Å². The van der Waals surface area contributed by atoms with Crippen molar-refractivity contribution >= 4 is 34.2 Å². The summed E-state index contributed by atoms with van der Waals surface area (Å²) in [5.74, 6) is 1.52. The number of rotatable bonds is 6. The van der Waals surface area contributed by atoms with E-state index in [1.807, 2.05) is 18.2 Å². The number of halogens is 2. The van der Waals surface area contributed by atoms with Gasteiger partial charge >= 0.3 is 0 Å². The molecule has 1 heterocycles. The van der Waals surface area contributed by atoms with Crippen molar-refractivity contribution in [1.82, 2.24) is 9.55 Å². The number of nitriles is 1. The molecule has 0 aliphatic heterocycles. The molecule has 132 valence electrons. The Morgan fingerprint density at radius 2 is 2.04 bits per heavy atom. The highest BCUT2D eigenvalue weighted by Gasteiger charge is 2.22. The largest absolute Gasteiger partial charge is 0.373 e. The number of fused-ring (bicyclic) bond motifs is 1. The number of ether oxygens (including phenoxy) is 1. The summed E-state index contributed by atoms with van der Waals surface area (Å²) in [5.41, 5.74) is 3.24. The molecule has 0 bridgehead atoms. The van der Waals surface area contributed by atoms with E-state index in [1.165, 1.54) is 12.8 Å². The third-order valence-corrected chi connectivity index (χ3v) is 5.18. The molecule has 1 aliphatic rings. The Hall–Kier alpha value is -2.06. The van der Waals surface area contributed by atoms with Gasteiger partial charge in [0.1, 0.15) is 12.4 Å². The maximum Gasteiger partial charge on any atom is 0.136 e. The van der Waals surface area contributed by atoms with Gasteiger partial charge in [-0.25, -0.2) is 4.98 Å². The van der Waals surface area contributed by atoms with Crippen molar-refractivity contribution in [1.29, 1.82) is 5.26 Å². The second kappa shape index (κ2) is 7.28. The van der Waals surface area contributed by atoms with Gasteiger partial charge in [0.05, 0.1) is 29.2 Å². The van der Waals surface area contributed by atoms with Crippen LogP contribution in [0.5, 0.6) is 0 Å². The van der Waals surface area contributed by atoms with Gasteiger partial charge in [-0.05, 0) is 60.7 Å². The quantitative estimate of drug-likeness (QED) is 0.586. The summed E-state index contributed by atoms with van der Waals surface area (Å²) in [7, 11) is 0. The van der Waals surface area contributed by atoms with Crippen LogP contribution in [0.25, 0.3) is 11.0 Å². The lowest BCUT2D eigenvalue weighted by atomic mass is 10.2. The molecule has 26 heavy (non-hydrogen) atoms. The summed E-state index contributed by atoms with van der Waals surface area (Å²) in [4.78, 5) is 4.71. The Morgan fingerprint density at radius 1 is 1.19 bits per heavy atom.